The van der Waals surface area contributed by atoms with Crippen molar-refractivity contribution in [2.75, 3.05) is 11.6 Å². The summed E-state index contributed by atoms with van der Waals surface area (Å²) in [7, 11) is -4.22. The Morgan fingerprint density at radius 3 is 2.12 bits per heavy atom. The minimum absolute atomic E-state index is 0.335. The predicted octanol–water partition coefficient (Wildman–Crippen LogP) is 1.89. The molecule has 0 aromatic heterocycles. The Balaban J connectivity index is 3.43. The van der Waals surface area contributed by atoms with Crippen molar-refractivity contribution in [2.24, 2.45) is 0 Å². The molecule has 0 atom stereocenters. The number of halogens is 3. The molecule has 9 heteroatoms. The number of hydrogen-bond donors (Lipinski definition) is 0. The van der Waals surface area contributed by atoms with E-state index in [1.807, 2.05) is 0 Å². The van der Waals surface area contributed by atoms with Crippen LogP contribution in [0.4, 0.5) is 14.5 Å². The largest absolute Gasteiger partial charge is 0.275 e. The fourth-order valence-electron chi connectivity index (χ4n) is 1.15. The molecule has 0 aliphatic carbocycles. The van der Waals surface area contributed by atoms with Crippen LogP contribution in [0.2, 0.25) is 0 Å². The quantitative estimate of drug-likeness (QED) is 0.481. The molecule has 1 aromatic carbocycles. The van der Waals surface area contributed by atoms with Crippen molar-refractivity contribution in [1.29, 1.82) is 0 Å². The summed E-state index contributed by atoms with van der Waals surface area (Å²) >= 11 is 5.19. The van der Waals surface area contributed by atoms with Gasteiger partial charge in [0.15, 0.2) is 21.5 Å². The molecule has 0 saturated heterocycles. The maximum absolute atomic E-state index is 13.3. The first kappa shape index (κ1) is 13.8. The van der Waals surface area contributed by atoms with Crippen LogP contribution in [0.3, 0.4) is 0 Å². The zero-order chi connectivity index (χ0) is 13.2. The van der Waals surface area contributed by atoms with E-state index in [0.717, 1.165) is 0 Å². The molecular formula is C8H6ClF2NO4S. The third kappa shape index (κ3) is 2.89. The van der Waals surface area contributed by atoms with Gasteiger partial charge in [-0.05, 0) is 0 Å². The number of benzene rings is 1. The Labute approximate surface area is 100 Å². The second-order valence-corrected chi connectivity index (χ2v) is 5.43. The van der Waals surface area contributed by atoms with Crippen molar-refractivity contribution in [2.45, 2.75) is 4.90 Å². The van der Waals surface area contributed by atoms with E-state index in [2.05, 4.69) is 0 Å². The van der Waals surface area contributed by atoms with Crippen molar-refractivity contribution < 1.29 is 22.1 Å². The number of rotatable bonds is 4. The number of sulfone groups is 1. The third-order valence-electron chi connectivity index (χ3n) is 1.85. The molecule has 0 spiro atoms. The van der Waals surface area contributed by atoms with E-state index in [1.165, 1.54) is 0 Å². The Morgan fingerprint density at radius 2 is 1.76 bits per heavy atom. The van der Waals surface area contributed by atoms with Gasteiger partial charge in [-0.1, -0.05) is 0 Å². The van der Waals surface area contributed by atoms with Crippen LogP contribution >= 0.6 is 11.6 Å². The molecule has 0 amide bonds. The van der Waals surface area contributed by atoms with Crippen LogP contribution in [0.25, 0.3) is 0 Å². The zero-order valence-electron chi connectivity index (χ0n) is 8.19. The van der Waals surface area contributed by atoms with Crippen LogP contribution in [0.5, 0.6) is 0 Å². The predicted molar refractivity (Wildman–Crippen MR) is 55.8 cm³/mol. The number of alkyl halides is 1. The normalized spacial score (nSPS) is 11.5. The minimum Gasteiger partial charge on any atom is -0.258 e. The molecule has 1 aromatic rings. The fourth-order valence-corrected chi connectivity index (χ4v) is 2.88. The average Bonchev–Trinajstić information content (AvgIpc) is 2.15. The molecule has 0 aliphatic rings. The second-order valence-electron chi connectivity index (χ2n) is 3.00. The average molecular weight is 286 g/mol. The summed E-state index contributed by atoms with van der Waals surface area (Å²) < 4.78 is 49.5. The van der Waals surface area contributed by atoms with E-state index >= 15 is 0 Å². The van der Waals surface area contributed by atoms with Gasteiger partial charge in [0, 0.05) is 5.88 Å². The summed E-state index contributed by atoms with van der Waals surface area (Å²) in [5, 5.41) is 10.3. The van der Waals surface area contributed by atoms with Gasteiger partial charge in [-0.15, -0.1) is 11.6 Å². The van der Waals surface area contributed by atoms with Crippen LogP contribution in [-0.2, 0) is 9.84 Å². The van der Waals surface area contributed by atoms with E-state index in [1.54, 1.807) is 0 Å². The molecule has 0 saturated carbocycles. The summed E-state index contributed by atoms with van der Waals surface area (Å²) in [4.78, 5) is 8.08. The van der Waals surface area contributed by atoms with Gasteiger partial charge in [0.2, 0.25) is 0 Å². The van der Waals surface area contributed by atoms with Crippen LogP contribution < -0.4 is 0 Å². The molecule has 0 radical (unpaired) electrons. The standard InChI is InChI=1S/C8H6ClF2NO4S/c9-1-2-17(15,16)8-6(10)3-5(12(13)14)4-7(8)11/h3-4H,1-2H2. The maximum atomic E-state index is 13.3. The number of nitrogens with zero attached hydrogens (tertiary/aromatic N) is 1. The van der Waals surface area contributed by atoms with Crippen molar-refractivity contribution in [1.82, 2.24) is 0 Å². The van der Waals surface area contributed by atoms with E-state index in [9.17, 15) is 27.3 Å². The summed E-state index contributed by atoms with van der Waals surface area (Å²) in [5.41, 5.74) is -0.857. The summed E-state index contributed by atoms with van der Waals surface area (Å²) in [6, 6.07) is 0.703. The van der Waals surface area contributed by atoms with E-state index < -0.39 is 42.7 Å². The van der Waals surface area contributed by atoms with Crippen LogP contribution in [0.15, 0.2) is 17.0 Å². The first-order valence-corrected chi connectivity index (χ1v) is 6.40. The zero-order valence-corrected chi connectivity index (χ0v) is 9.76. The molecule has 0 N–H and O–H groups in total. The number of non-ortho nitro benzene ring substituents is 1. The molecule has 5 nitrogen and oxygen atoms in total. The highest BCUT2D eigenvalue weighted by Gasteiger charge is 2.26. The molecule has 0 bridgehead atoms. The Hall–Kier alpha value is -1.28. The number of hydrogen-bond acceptors (Lipinski definition) is 4. The fraction of sp³-hybridized carbons (Fsp3) is 0.250. The molecule has 1 rings (SSSR count). The highest BCUT2D eigenvalue weighted by atomic mass is 35.5. The lowest BCUT2D eigenvalue weighted by atomic mass is 10.3. The molecule has 0 aliphatic heterocycles. The van der Waals surface area contributed by atoms with Gasteiger partial charge in [0.25, 0.3) is 5.69 Å². The summed E-state index contributed by atoms with van der Waals surface area (Å²) in [6.07, 6.45) is 0. The van der Waals surface area contributed by atoms with Gasteiger partial charge in [-0.25, -0.2) is 17.2 Å². The monoisotopic (exact) mass is 285 g/mol. The number of nitro benzene ring substituents is 1. The molecular weight excluding hydrogens is 280 g/mol. The topological polar surface area (TPSA) is 77.3 Å². The van der Waals surface area contributed by atoms with E-state index in [-0.39, 0.29) is 5.88 Å². The van der Waals surface area contributed by atoms with E-state index in [4.69, 9.17) is 11.6 Å². The lowest BCUT2D eigenvalue weighted by Gasteiger charge is -2.05. The van der Waals surface area contributed by atoms with Gasteiger partial charge >= 0.3 is 0 Å². The lowest BCUT2D eigenvalue weighted by molar-refractivity contribution is -0.385. The van der Waals surface area contributed by atoms with Crippen molar-refractivity contribution in [3.05, 3.63) is 33.9 Å². The SMILES string of the molecule is O=[N+]([O-])c1cc(F)c(S(=O)(=O)CCCl)c(F)c1. The second kappa shape index (κ2) is 4.92. The first-order valence-electron chi connectivity index (χ1n) is 4.21. The van der Waals surface area contributed by atoms with Crippen molar-refractivity contribution >= 4 is 27.1 Å². The first-order chi connectivity index (χ1) is 7.79. The minimum atomic E-state index is -4.22. The smallest absolute Gasteiger partial charge is 0.258 e. The molecule has 0 heterocycles. The van der Waals surface area contributed by atoms with Gasteiger partial charge in [0.1, 0.15) is 4.90 Å². The molecule has 0 fully saturated rings. The van der Waals surface area contributed by atoms with Gasteiger partial charge in [-0.3, -0.25) is 10.1 Å². The van der Waals surface area contributed by atoms with Gasteiger partial charge in [0.05, 0.1) is 22.8 Å². The van der Waals surface area contributed by atoms with Crippen molar-refractivity contribution in [3.63, 3.8) is 0 Å². The number of nitro groups is 1. The molecule has 94 valence electrons. The Kier molecular flexibility index (Phi) is 3.99. The highest BCUT2D eigenvalue weighted by Crippen LogP contribution is 2.25. The molecule has 17 heavy (non-hydrogen) atoms. The Bertz CT molecular complexity index is 538. The van der Waals surface area contributed by atoms with Crippen LogP contribution in [0, 0.1) is 21.7 Å². The van der Waals surface area contributed by atoms with E-state index in [0.29, 0.717) is 12.1 Å². The Morgan fingerprint density at radius 1 is 1.29 bits per heavy atom. The van der Waals surface area contributed by atoms with Gasteiger partial charge in [-0.2, -0.15) is 0 Å². The summed E-state index contributed by atoms with van der Waals surface area (Å²) in [5.74, 6) is -3.98. The van der Waals surface area contributed by atoms with Crippen LogP contribution in [0.1, 0.15) is 0 Å². The highest BCUT2D eigenvalue weighted by molar-refractivity contribution is 7.91. The molecule has 0 unspecified atom stereocenters. The maximum Gasteiger partial charge on any atom is 0.275 e. The lowest BCUT2D eigenvalue weighted by Crippen LogP contribution is -2.12. The van der Waals surface area contributed by atoms with Crippen LogP contribution in [-0.4, -0.2) is 25.0 Å². The third-order valence-corrected chi connectivity index (χ3v) is 4.02. The van der Waals surface area contributed by atoms with Gasteiger partial charge < -0.3 is 0 Å². The summed E-state index contributed by atoms with van der Waals surface area (Å²) in [6.45, 7) is 0. The van der Waals surface area contributed by atoms with Crippen molar-refractivity contribution in [3.8, 4) is 0 Å².